The summed E-state index contributed by atoms with van der Waals surface area (Å²) in [6.07, 6.45) is 0.287. The summed E-state index contributed by atoms with van der Waals surface area (Å²) in [7, 11) is -2.67. The average Bonchev–Trinajstić information content (AvgIpc) is 2.88. The summed E-state index contributed by atoms with van der Waals surface area (Å²) in [5.74, 6) is -0.980. The molecule has 1 atom stereocenters. The molecule has 0 aromatic heterocycles. The fourth-order valence-electron chi connectivity index (χ4n) is 3.94. The van der Waals surface area contributed by atoms with Gasteiger partial charge in [0.15, 0.2) is 0 Å². The summed E-state index contributed by atoms with van der Waals surface area (Å²) < 4.78 is 29.3. The molecule has 3 rings (SSSR count). The molecule has 0 spiro atoms. The van der Waals surface area contributed by atoms with Gasteiger partial charge in [0.2, 0.25) is 11.8 Å². The first-order chi connectivity index (χ1) is 18.0. The highest BCUT2D eigenvalue weighted by Gasteiger charge is 2.34. The molecule has 1 unspecified atom stereocenters. The van der Waals surface area contributed by atoms with Crippen molar-refractivity contribution >= 4 is 66.7 Å². The molecule has 3 aromatic rings. The number of nitrogens with zero attached hydrogens (tertiary/aromatic N) is 2. The van der Waals surface area contributed by atoms with Crippen LogP contribution in [0.2, 0.25) is 10.0 Å². The predicted molar refractivity (Wildman–Crippen MR) is 155 cm³/mol. The largest absolute Gasteiger partial charge is 0.357 e. The van der Waals surface area contributed by atoms with Crippen LogP contribution in [0.15, 0.2) is 76.1 Å². The minimum absolute atomic E-state index is 0.0370. The van der Waals surface area contributed by atoms with Crippen LogP contribution in [0.1, 0.15) is 24.5 Å². The molecule has 0 heterocycles. The Morgan fingerprint density at radius 3 is 2.16 bits per heavy atom. The number of aryl methyl sites for hydroxylation is 1. The summed E-state index contributed by atoms with van der Waals surface area (Å²) >= 11 is 16.2. The highest BCUT2D eigenvalue weighted by molar-refractivity contribution is 9.10. The fraction of sp³-hybridized carbons (Fsp3) is 0.259. The molecule has 0 aliphatic rings. The Hall–Kier alpha value is -2.59. The SMILES string of the molecule is CCC(C(=O)NC)N(Cc1c(Cl)cccc1Cl)C(=O)CN(c1cccc(Br)c1)S(=O)(=O)c1ccc(C)cc1. The Bertz CT molecular complexity index is 1400. The van der Waals surface area contributed by atoms with Crippen LogP contribution in [-0.4, -0.2) is 44.8 Å². The monoisotopic (exact) mass is 639 g/mol. The maximum Gasteiger partial charge on any atom is 0.264 e. The second-order valence-electron chi connectivity index (χ2n) is 8.56. The molecule has 38 heavy (non-hydrogen) atoms. The van der Waals surface area contributed by atoms with E-state index in [1.165, 1.54) is 24.1 Å². The zero-order valence-electron chi connectivity index (χ0n) is 21.1. The van der Waals surface area contributed by atoms with Gasteiger partial charge in [-0.25, -0.2) is 8.42 Å². The van der Waals surface area contributed by atoms with Crippen molar-refractivity contribution in [2.75, 3.05) is 17.9 Å². The van der Waals surface area contributed by atoms with Gasteiger partial charge < -0.3 is 10.2 Å². The standard InChI is InChI=1S/C27H28BrCl2N3O4S/c1-4-25(27(35)31-3)32(16-22-23(29)9-6-10-24(22)30)26(34)17-33(20-8-5-7-19(28)15-20)38(36,37)21-13-11-18(2)12-14-21/h5-15,25H,4,16-17H2,1-3H3,(H,31,35). The third kappa shape index (κ3) is 6.88. The smallest absolute Gasteiger partial charge is 0.264 e. The van der Waals surface area contributed by atoms with Crippen LogP contribution in [-0.2, 0) is 26.2 Å². The van der Waals surface area contributed by atoms with Gasteiger partial charge in [0.25, 0.3) is 10.0 Å². The van der Waals surface area contributed by atoms with Crippen molar-refractivity contribution in [3.63, 3.8) is 0 Å². The zero-order chi connectivity index (χ0) is 28.0. The van der Waals surface area contributed by atoms with Crippen molar-refractivity contribution < 1.29 is 18.0 Å². The summed E-state index contributed by atoms with van der Waals surface area (Å²) in [6, 6.07) is 17.1. The van der Waals surface area contributed by atoms with Crippen LogP contribution < -0.4 is 9.62 Å². The Morgan fingerprint density at radius 1 is 1.00 bits per heavy atom. The maximum absolute atomic E-state index is 13.9. The average molecular weight is 641 g/mol. The van der Waals surface area contributed by atoms with Gasteiger partial charge in [-0.05, 0) is 55.8 Å². The number of amides is 2. The van der Waals surface area contributed by atoms with E-state index in [1.807, 2.05) is 6.92 Å². The van der Waals surface area contributed by atoms with Gasteiger partial charge in [0.1, 0.15) is 12.6 Å². The van der Waals surface area contributed by atoms with Crippen molar-refractivity contribution in [1.29, 1.82) is 0 Å². The van der Waals surface area contributed by atoms with E-state index in [4.69, 9.17) is 23.2 Å². The molecule has 0 radical (unpaired) electrons. The number of nitrogens with one attached hydrogen (secondary N) is 1. The van der Waals surface area contributed by atoms with E-state index < -0.39 is 28.5 Å². The number of halogens is 3. The van der Waals surface area contributed by atoms with E-state index in [0.717, 1.165) is 9.87 Å². The molecule has 0 bridgehead atoms. The number of sulfonamides is 1. The molecular formula is C27H28BrCl2N3O4S. The number of likely N-dealkylation sites (N-methyl/N-ethyl adjacent to an activating group) is 1. The number of benzene rings is 3. The van der Waals surface area contributed by atoms with Crippen LogP contribution in [0.3, 0.4) is 0 Å². The lowest BCUT2D eigenvalue weighted by atomic mass is 10.1. The van der Waals surface area contributed by atoms with Gasteiger partial charge >= 0.3 is 0 Å². The number of hydrogen-bond donors (Lipinski definition) is 1. The normalized spacial score (nSPS) is 12.1. The van der Waals surface area contributed by atoms with Crippen molar-refractivity contribution in [3.05, 3.63) is 92.4 Å². The van der Waals surface area contributed by atoms with Crippen LogP contribution in [0.25, 0.3) is 0 Å². The van der Waals surface area contributed by atoms with Crippen LogP contribution >= 0.6 is 39.1 Å². The van der Waals surface area contributed by atoms with Crippen molar-refractivity contribution in [3.8, 4) is 0 Å². The van der Waals surface area contributed by atoms with E-state index in [1.54, 1.807) is 61.5 Å². The molecule has 3 aromatic carbocycles. The summed E-state index contributed by atoms with van der Waals surface area (Å²) in [5.41, 5.74) is 1.65. The van der Waals surface area contributed by atoms with Crippen LogP contribution in [0.5, 0.6) is 0 Å². The van der Waals surface area contributed by atoms with Crippen molar-refractivity contribution in [1.82, 2.24) is 10.2 Å². The molecule has 0 saturated carbocycles. The lowest BCUT2D eigenvalue weighted by Gasteiger charge is -2.33. The Morgan fingerprint density at radius 2 is 1.61 bits per heavy atom. The van der Waals surface area contributed by atoms with Crippen molar-refractivity contribution in [2.45, 2.75) is 37.8 Å². The molecule has 0 saturated heterocycles. The number of hydrogen-bond acceptors (Lipinski definition) is 4. The van der Waals surface area contributed by atoms with Gasteiger partial charge in [0, 0.05) is 33.7 Å². The van der Waals surface area contributed by atoms with E-state index in [-0.39, 0.29) is 29.5 Å². The minimum atomic E-state index is -4.15. The predicted octanol–water partition coefficient (Wildman–Crippen LogP) is 5.81. The molecule has 2 amide bonds. The topological polar surface area (TPSA) is 86.8 Å². The number of carbonyl (C=O) groups is 2. The van der Waals surface area contributed by atoms with Crippen LogP contribution in [0.4, 0.5) is 5.69 Å². The van der Waals surface area contributed by atoms with Gasteiger partial charge in [0.05, 0.1) is 10.6 Å². The molecule has 0 aliphatic carbocycles. The van der Waals surface area contributed by atoms with Crippen molar-refractivity contribution in [2.24, 2.45) is 0 Å². The van der Waals surface area contributed by atoms with E-state index in [2.05, 4.69) is 21.2 Å². The lowest BCUT2D eigenvalue weighted by molar-refractivity contribution is -0.140. The molecule has 202 valence electrons. The maximum atomic E-state index is 13.9. The molecular weight excluding hydrogens is 613 g/mol. The first-order valence-electron chi connectivity index (χ1n) is 11.8. The van der Waals surface area contributed by atoms with E-state index >= 15 is 0 Å². The first-order valence-corrected chi connectivity index (χ1v) is 14.8. The number of carbonyl (C=O) groups excluding carboxylic acids is 2. The third-order valence-corrected chi connectivity index (χ3v) is 9.00. The zero-order valence-corrected chi connectivity index (χ0v) is 25.0. The molecule has 7 nitrogen and oxygen atoms in total. The Kier molecular flexibility index (Phi) is 10.2. The molecule has 11 heteroatoms. The Labute approximate surface area is 241 Å². The highest BCUT2D eigenvalue weighted by atomic mass is 79.9. The molecule has 1 N–H and O–H groups in total. The van der Waals surface area contributed by atoms with Gasteiger partial charge in [-0.2, -0.15) is 0 Å². The summed E-state index contributed by atoms with van der Waals surface area (Å²) in [5, 5.41) is 3.25. The van der Waals surface area contributed by atoms with Gasteiger partial charge in [-0.15, -0.1) is 0 Å². The second-order valence-corrected chi connectivity index (χ2v) is 12.2. The quantitative estimate of drug-likeness (QED) is 0.303. The fourth-order valence-corrected chi connectivity index (χ4v) is 6.25. The summed E-state index contributed by atoms with van der Waals surface area (Å²) in [4.78, 5) is 28.1. The lowest BCUT2D eigenvalue weighted by Crippen LogP contribution is -2.51. The van der Waals surface area contributed by atoms with Crippen LogP contribution in [0, 0.1) is 6.92 Å². The first kappa shape index (κ1) is 30.0. The minimum Gasteiger partial charge on any atom is -0.357 e. The highest BCUT2D eigenvalue weighted by Crippen LogP contribution is 2.29. The molecule has 0 aliphatic heterocycles. The van der Waals surface area contributed by atoms with E-state index in [9.17, 15) is 18.0 Å². The third-order valence-electron chi connectivity index (χ3n) is 6.01. The summed E-state index contributed by atoms with van der Waals surface area (Å²) in [6.45, 7) is 2.99. The van der Waals surface area contributed by atoms with Gasteiger partial charge in [-0.1, -0.05) is 75.9 Å². The second kappa shape index (κ2) is 13.0. The van der Waals surface area contributed by atoms with Gasteiger partial charge in [-0.3, -0.25) is 13.9 Å². The molecule has 0 fully saturated rings. The van der Waals surface area contributed by atoms with E-state index in [0.29, 0.717) is 20.1 Å². The number of rotatable bonds is 10. The number of anilines is 1. The Balaban J connectivity index is 2.10.